The van der Waals surface area contributed by atoms with Crippen LogP contribution in [0.15, 0.2) is 50.8 Å². The Kier molecular flexibility index (Phi) is 4.43. The maximum Gasteiger partial charge on any atom is 0.336 e. The van der Waals surface area contributed by atoms with Crippen molar-refractivity contribution >= 4 is 38.8 Å². The van der Waals surface area contributed by atoms with Gasteiger partial charge >= 0.3 is 5.69 Å². The Morgan fingerprint density at radius 2 is 1.76 bits per heavy atom. The van der Waals surface area contributed by atoms with Crippen molar-refractivity contribution in [3.05, 3.63) is 67.5 Å². The van der Waals surface area contributed by atoms with Gasteiger partial charge in [0.05, 0.1) is 16.4 Å². The number of pyridine rings is 1. The smallest absolute Gasteiger partial charge is 0.326 e. The van der Waals surface area contributed by atoms with Crippen LogP contribution in [0.3, 0.4) is 0 Å². The van der Waals surface area contributed by atoms with Crippen LogP contribution in [0, 0.1) is 0 Å². The molecule has 29 heavy (non-hydrogen) atoms. The number of likely N-dealkylation sites (N-methyl/N-ethyl adjacent to an activating group) is 1. The third kappa shape index (κ3) is 2.98. The van der Waals surface area contributed by atoms with E-state index in [4.69, 9.17) is 0 Å². The van der Waals surface area contributed by atoms with Crippen molar-refractivity contribution in [2.24, 2.45) is 0 Å². The Labute approximate surface area is 164 Å². The zero-order chi connectivity index (χ0) is 20.9. The Bertz CT molecular complexity index is 1450. The topological polar surface area (TPSA) is 92.9 Å². The molecule has 0 atom stereocenters. The van der Waals surface area contributed by atoms with E-state index in [1.54, 1.807) is 36.4 Å². The molecule has 0 aliphatic carbocycles. The van der Waals surface area contributed by atoms with E-state index in [1.165, 1.54) is 15.9 Å². The van der Waals surface area contributed by atoms with Crippen LogP contribution in [0.5, 0.6) is 0 Å². The van der Waals surface area contributed by atoms with Gasteiger partial charge in [0.2, 0.25) is 5.91 Å². The van der Waals surface area contributed by atoms with E-state index in [0.29, 0.717) is 39.4 Å². The zero-order valence-corrected chi connectivity index (χ0v) is 16.4. The Balaban J connectivity index is 2.18. The lowest BCUT2D eigenvalue weighted by Crippen LogP contribution is -2.40. The van der Waals surface area contributed by atoms with Gasteiger partial charge in [0.1, 0.15) is 0 Å². The SMILES string of the molecule is CC(=O)Nc1ccc2c(c1)c(=O)c1cccc3c(=O)n(CCN(C)C)c(=O)n2c13. The average Bonchev–Trinajstić information content (AvgIpc) is 2.67. The van der Waals surface area contributed by atoms with Crippen LogP contribution in [-0.2, 0) is 11.3 Å². The van der Waals surface area contributed by atoms with Gasteiger partial charge in [-0.2, -0.15) is 0 Å². The van der Waals surface area contributed by atoms with E-state index >= 15 is 0 Å². The van der Waals surface area contributed by atoms with Crippen LogP contribution in [-0.4, -0.2) is 40.4 Å². The summed E-state index contributed by atoms with van der Waals surface area (Å²) in [5.41, 5.74) is 0.00975. The van der Waals surface area contributed by atoms with Crippen molar-refractivity contribution in [3.8, 4) is 0 Å². The predicted molar refractivity (Wildman–Crippen MR) is 113 cm³/mol. The fourth-order valence-electron chi connectivity index (χ4n) is 3.65. The number of fused-ring (bicyclic) bond motifs is 2. The first kappa shape index (κ1) is 18.8. The normalized spacial score (nSPS) is 11.7. The van der Waals surface area contributed by atoms with Crippen molar-refractivity contribution in [2.45, 2.75) is 13.5 Å². The highest BCUT2D eigenvalue weighted by Gasteiger charge is 2.18. The van der Waals surface area contributed by atoms with E-state index < -0.39 is 11.2 Å². The molecular weight excluding hydrogens is 372 g/mol. The van der Waals surface area contributed by atoms with Crippen LogP contribution in [0.4, 0.5) is 5.69 Å². The van der Waals surface area contributed by atoms with E-state index in [9.17, 15) is 19.2 Å². The number of nitrogens with one attached hydrogen (secondary N) is 1. The molecule has 2 aromatic carbocycles. The molecule has 0 unspecified atom stereocenters. The van der Waals surface area contributed by atoms with Crippen LogP contribution in [0.2, 0.25) is 0 Å². The number of anilines is 1. The number of benzene rings is 2. The number of hydrogen-bond acceptors (Lipinski definition) is 5. The third-order valence-corrected chi connectivity index (χ3v) is 4.98. The third-order valence-electron chi connectivity index (χ3n) is 4.98. The first-order chi connectivity index (χ1) is 13.8. The number of amides is 1. The van der Waals surface area contributed by atoms with Gasteiger partial charge in [-0.05, 0) is 44.4 Å². The minimum absolute atomic E-state index is 0.234. The largest absolute Gasteiger partial charge is 0.336 e. The molecule has 0 aliphatic rings. The molecule has 4 aromatic rings. The Hall–Kier alpha value is -3.52. The molecule has 4 rings (SSSR count). The second-order valence-corrected chi connectivity index (χ2v) is 7.32. The van der Waals surface area contributed by atoms with Crippen LogP contribution < -0.4 is 22.0 Å². The van der Waals surface area contributed by atoms with Crippen molar-refractivity contribution in [2.75, 3.05) is 26.0 Å². The van der Waals surface area contributed by atoms with Crippen molar-refractivity contribution in [1.82, 2.24) is 13.9 Å². The van der Waals surface area contributed by atoms with Crippen molar-refractivity contribution in [3.63, 3.8) is 0 Å². The van der Waals surface area contributed by atoms with Gasteiger partial charge in [0.15, 0.2) is 5.43 Å². The van der Waals surface area contributed by atoms with E-state index in [1.807, 2.05) is 19.0 Å². The predicted octanol–water partition coefficient (Wildman–Crippen LogP) is 1.09. The van der Waals surface area contributed by atoms with Crippen LogP contribution >= 0.6 is 0 Å². The lowest BCUT2D eigenvalue weighted by atomic mass is 10.1. The van der Waals surface area contributed by atoms with Gasteiger partial charge in [-0.25, -0.2) is 4.79 Å². The molecule has 2 heterocycles. The molecule has 0 spiro atoms. The molecule has 1 amide bonds. The maximum absolute atomic E-state index is 13.3. The molecule has 8 heteroatoms. The summed E-state index contributed by atoms with van der Waals surface area (Å²) in [5.74, 6) is -0.259. The Morgan fingerprint density at radius 1 is 1.03 bits per heavy atom. The number of nitrogens with zero attached hydrogens (tertiary/aromatic N) is 3. The second kappa shape index (κ2) is 6.82. The molecule has 148 valence electrons. The van der Waals surface area contributed by atoms with Gasteiger partial charge in [-0.3, -0.25) is 23.4 Å². The van der Waals surface area contributed by atoms with E-state index in [-0.39, 0.29) is 17.9 Å². The summed E-state index contributed by atoms with van der Waals surface area (Å²) < 4.78 is 2.63. The van der Waals surface area contributed by atoms with Crippen LogP contribution in [0.25, 0.3) is 27.2 Å². The number of carbonyl (C=O) groups excluding carboxylic acids is 1. The molecule has 1 N–H and O–H groups in total. The number of hydrogen-bond donors (Lipinski definition) is 1. The molecule has 0 fully saturated rings. The zero-order valence-electron chi connectivity index (χ0n) is 16.4. The van der Waals surface area contributed by atoms with Gasteiger partial charge in [-0.1, -0.05) is 6.07 Å². The van der Waals surface area contributed by atoms with Gasteiger partial charge in [0.25, 0.3) is 5.56 Å². The summed E-state index contributed by atoms with van der Waals surface area (Å²) >= 11 is 0. The standard InChI is InChI=1S/C21H20N4O4/c1-12(26)22-13-7-8-17-16(11-13)19(27)14-5-4-6-15-18(14)25(17)21(29)24(20(15)28)10-9-23(2)3/h4-8,11H,9-10H2,1-3H3,(H,22,26). The quantitative estimate of drug-likeness (QED) is 0.415. The lowest BCUT2D eigenvalue weighted by Gasteiger charge is -2.15. The molecule has 8 nitrogen and oxygen atoms in total. The summed E-state index contributed by atoms with van der Waals surface area (Å²) in [7, 11) is 3.73. The highest BCUT2D eigenvalue weighted by Crippen LogP contribution is 2.22. The summed E-state index contributed by atoms with van der Waals surface area (Å²) in [6, 6.07) is 9.70. The number of aromatic nitrogens is 2. The van der Waals surface area contributed by atoms with Gasteiger partial charge < -0.3 is 10.2 Å². The molecule has 0 aliphatic heterocycles. The summed E-state index contributed by atoms with van der Waals surface area (Å²) in [6.07, 6.45) is 0. The second-order valence-electron chi connectivity index (χ2n) is 7.32. The first-order valence-corrected chi connectivity index (χ1v) is 9.19. The summed E-state index contributed by atoms with van der Waals surface area (Å²) in [4.78, 5) is 52.6. The van der Waals surface area contributed by atoms with Crippen LogP contribution in [0.1, 0.15) is 6.92 Å². The number of carbonyl (C=O) groups is 1. The Morgan fingerprint density at radius 3 is 2.45 bits per heavy atom. The van der Waals surface area contributed by atoms with Gasteiger partial charge in [0, 0.05) is 36.5 Å². The van der Waals surface area contributed by atoms with E-state index in [0.717, 1.165) is 0 Å². The fraction of sp³-hybridized carbons (Fsp3) is 0.238. The highest BCUT2D eigenvalue weighted by molar-refractivity contribution is 6.03. The molecule has 0 bridgehead atoms. The summed E-state index contributed by atoms with van der Waals surface area (Å²) in [5, 5.41) is 3.57. The van der Waals surface area contributed by atoms with Crippen molar-refractivity contribution < 1.29 is 4.79 Å². The van der Waals surface area contributed by atoms with Crippen molar-refractivity contribution in [1.29, 1.82) is 0 Å². The monoisotopic (exact) mass is 392 g/mol. The average molecular weight is 392 g/mol. The summed E-state index contributed by atoms with van der Waals surface area (Å²) in [6.45, 7) is 2.14. The van der Waals surface area contributed by atoms with E-state index in [2.05, 4.69) is 5.32 Å². The minimum atomic E-state index is -0.488. The lowest BCUT2D eigenvalue weighted by molar-refractivity contribution is -0.114. The molecule has 0 radical (unpaired) electrons. The first-order valence-electron chi connectivity index (χ1n) is 9.19. The number of rotatable bonds is 4. The molecule has 0 saturated carbocycles. The fourth-order valence-corrected chi connectivity index (χ4v) is 3.65. The number of para-hydroxylation sites is 1. The minimum Gasteiger partial charge on any atom is -0.326 e. The maximum atomic E-state index is 13.3. The molecular formula is C21H20N4O4. The van der Waals surface area contributed by atoms with Gasteiger partial charge in [-0.15, -0.1) is 0 Å². The highest BCUT2D eigenvalue weighted by atomic mass is 16.2. The molecule has 2 aromatic heterocycles. The molecule has 0 saturated heterocycles.